The van der Waals surface area contributed by atoms with Crippen LogP contribution in [0.5, 0.6) is 0 Å². The van der Waals surface area contributed by atoms with Crippen molar-refractivity contribution in [2.24, 2.45) is 0 Å². The minimum atomic E-state index is 0.118. The summed E-state index contributed by atoms with van der Waals surface area (Å²) in [6.45, 7) is 9.97. The molecule has 1 aromatic heterocycles. The maximum atomic E-state index is 5.93. The quantitative estimate of drug-likeness (QED) is 0.895. The van der Waals surface area contributed by atoms with Gasteiger partial charge in [-0.15, -0.1) is 0 Å². The molecule has 1 N–H and O–H groups in total. The third-order valence-corrected chi connectivity index (χ3v) is 4.22. The van der Waals surface area contributed by atoms with Crippen molar-refractivity contribution < 1.29 is 4.42 Å². The third-order valence-electron chi connectivity index (χ3n) is 4.22. The van der Waals surface area contributed by atoms with E-state index in [2.05, 4.69) is 45.1 Å². The Bertz CT molecular complexity index is 614. The van der Waals surface area contributed by atoms with Crippen LogP contribution in [0, 0.1) is 6.92 Å². The molecule has 0 saturated heterocycles. The van der Waals surface area contributed by atoms with Crippen molar-refractivity contribution in [3.05, 3.63) is 35.1 Å². The molecule has 3 rings (SSSR count). The third kappa shape index (κ3) is 2.62. The first-order valence-electron chi connectivity index (χ1n) is 7.70. The Balaban J connectivity index is 1.93. The number of aryl methyl sites for hydroxylation is 1. The van der Waals surface area contributed by atoms with Gasteiger partial charge in [0.05, 0.1) is 6.26 Å². The Morgan fingerprint density at radius 3 is 2.65 bits per heavy atom. The molecule has 1 heterocycles. The van der Waals surface area contributed by atoms with Gasteiger partial charge in [0.25, 0.3) is 0 Å². The van der Waals surface area contributed by atoms with Crippen molar-refractivity contribution in [1.82, 2.24) is 5.32 Å². The van der Waals surface area contributed by atoms with E-state index >= 15 is 0 Å². The van der Waals surface area contributed by atoms with E-state index in [-0.39, 0.29) is 5.41 Å². The molecule has 2 nitrogen and oxygen atoms in total. The van der Waals surface area contributed by atoms with Crippen LogP contribution in [-0.4, -0.2) is 12.6 Å². The summed E-state index contributed by atoms with van der Waals surface area (Å²) in [4.78, 5) is 0. The SMILES string of the molecule is Cc1ccc(C(C)(C)C)c2occ(CCNC3CC3)c12. The van der Waals surface area contributed by atoms with E-state index in [4.69, 9.17) is 4.42 Å². The Hall–Kier alpha value is -1.28. The van der Waals surface area contributed by atoms with Gasteiger partial charge in [0.1, 0.15) is 5.58 Å². The zero-order valence-corrected chi connectivity index (χ0v) is 13.0. The Kier molecular flexibility index (Phi) is 3.37. The first-order valence-corrected chi connectivity index (χ1v) is 7.70. The Morgan fingerprint density at radius 2 is 2.00 bits per heavy atom. The second kappa shape index (κ2) is 4.92. The summed E-state index contributed by atoms with van der Waals surface area (Å²) in [7, 11) is 0. The van der Waals surface area contributed by atoms with Gasteiger partial charge in [-0.3, -0.25) is 0 Å². The highest BCUT2D eigenvalue weighted by Crippen LogP contribution is 2.34. The van der Waals surface area contributed by atoms with Gasteiger partial charge >= 0.3 is 0 Å². The zero-order valence-electron chi connectivity index (χ0n) is 13.0. The molecule has 0 radical (unpaired) electrons. The number of rotatable bonds is 4. The summed E-state index contributed by atoms with van der Waals surface area (Å²) >= 11 is 0. The summed E-state index contributed by atoms with van der Waals surface area (Å²) in [5.74, 6) is 0. The average Bonchev–Trinajstić information content (AvgIpc) is 3.08. The molecule has 0 unspecified atom stereocenters. The molecule has 2 heteroatoms. The van der Waals surface area contributed by atoms with Crippen molar-refractivity contribution >= 4 is 11.0 Å². The van der Waals surface area contributed by atoms with Gasteiger partial charge in [-0.25, -0.2) is 0 Å². The number of fused-ring (bicyclic) bond motifs is 1. The first-order chi connectivity index (χ1) is 9.47. The van der Waals surface area contributed by atoms with Gasteiger partial charge in [-0.05, 0) is 49.3 Å². The monoisotopic (exact) mass is 271 g/mol. The molecule has 0 aliphatic heterocycles. The molecular formula is C18H25NO. The maximum absolute atomic E-state index is 5.93. The maximum Gasteiger partial charge on any atom is 0.138 e. The fraction of sp³-hybridized carbons (Fsp3) is 0.556. The molecule has 1 aromatic carbocycles. The summed E-state index contributed by atoms with van der Waals surface area (Å²) in [5.41, 5.74) is 5.17. The standard InChI is InChI=1S/C18H25NO/c1-12-5-8-15(18(2,3)4)17-16(12)13(11-20-17)9-10-19-14-6-7-14/h5,8,11,14,19H,6-7,9-10H2,1-4H3. The predicted octanol–water partition coefficient (Wildman–Crippen LogP) is 4.33. The predicted molar refractivity (Wildman–Crippen MR) is 84.4 cm³/mol. The van der Waals surface area contributed by atoms with E-state index in [1.54, 1.807) is 0 Å². The fourth-order valence-electron chi connectivity index (χ4n) is 2.86. The summed E-state index contributed by atoms with van der Waals surface area (Å²) in [6, 6.07) is 5.23. The molecule has 0 spiro atoms. The van der Waals surface area contributed by atoms with Crippen LogP contribution in [0.2, 0.25) is 0 Å². The average molecular weight is 271 g/mol. The van der Waals surface area contributed by atoms with Gasteiger partial charge < -0.3 is 9.73 Å². The molecule has 0 atom stereocenters. The molecule has 1 aliphatic carbocycles. The highest BCUT2D eigenvalue weighted by molar-refractivity contribution is 5.87. The largest absolute Gasteiger partial charge is 0.464 e. The van der Waals surface area contributed by atoms with E-state index in [0.717, 1.165) is 24.6 Å². The van der Waals surface area contributed by atoms with E-state index in [0.29, 0.717) is 0 Å². The summed E-state index contributed by atoms with van der Waals surface area (Å²) < 4.78 is 5.93. The molecule has 0 bridgehead atoms. The van der Waals surface area contributed by atoms with Crippen molar-refractivity contribution in [2.45, 2.75) is 58.4 Å². The van der Waals surface area contributed by atoms with Gasteiger partial charge in [-0.1, -0.05) is 32.9 Å². The van der Waals surface area contributed by atoms with E-state index in [1.165, 1.54) is 34.9 Å². The van der Waals surface area contributed by atoms with Crippen LogP contribution in [0.15, 0.2) is 22.8 Å². The minimum Gasteiger partial charge on any atom is -0.464 e. The topological polar surface area (TPSA) is 25.2 Å². The van der Waals surface area contributed by atoms with Crippen LogP contribution in [0.1, 0.15) is 50.3 Å². The lowest BCUT2D eigenvalue weighted by Gasteiger charge is -2.19. The van der Waals surface area contributed by atoms with E-state index in [1.807, 2.05) is 6.26 Å². The fourth-order valence-corrected chi connectivity index (χ4v) is 2.86. The van der Waals surface area contributed by atoms with Crippen molar-refractivity contribution in [2.75, 3.05) is 6.54 Å². The summed E-state index contributed by atoms with van der Waals surface area (Å²) in [6.07, 6.45) is 5.71. The number of benzene rings is 1. The number of hydrogen-bond acceptors (Lipinski definition) is 2. The smallest absolute Gasteiger partial charge is 0.138 e. The highest BCUT2D eigenvalue weighted by Gasteiger charge is 2.22. The minimum absolute atomic E-state index is 0.118. The zero-order chi connectivity index (χ0) is 14.3. The van der Waals surface area contributed by atoms with E-state index in [9.17, 15) is 0 Å². The number of hydrogen-bond donors (Lipinski definition) is 1. The van der Waals surface area contributed by atoms with Crippen LogP contribution >= 0.6 is 0 Å². The van der Waals surface area contributed by atoms with Crippen LogP contribution in [-0.2, 0) is 11.8 Å². The molecular weight excluding hydrogens is 246 g/mol. The van der Waals surface area contributed by atoms with Gasteiger partial charge in [0.2, 0.25) is 0 Å². The van der Waals surface area contributed by atoms with Gasteiger partial charge in [-0.2, -0.15) is 0 Å². The lowest BCUT2D eigenvalue weighted by Crippen LogP contribution is -2.19. The van der Waals surface area contributed by atoms with Crippen LogP contribution < -0.4 is 5.32 Å². The summed E-state index contributed by atoms with van der Waals surface area (Å²) in [5, 5.41) is 4.91. The van der Waals surface area contributed by atoms with Crippen molar-refractivity contribution in [1.29, 1.82) is 0 Å². The molecule has 20 heavy (non-hydrogen) atoms. The lowest BCUT2D eigenvalue weighted by molar-refractivity contribution is 0.556. The van der Waals surface area contributed by atoms with Crippen LogP contribution in [0.3, 0.4) is 0 Å². The van der Waals surface area contributed by atoms with E-state index < -0.39 is 0 Å². The second-order valence-corrected chi connectivity index (χ2v) is 7.12. The van der Waals surface area contributed by atoms with Crippen molar-refractivity contribution in [3.8, 4) is 0 Å². The molecule has 0 amide bonds. The highest BCUT2D eigenvalue weighted by atomic mass is 16.3. The molecule has 1 saturated carbocycles. The molecule has 108 valence electrons. The Labute approximate surface area is 121 Å². The molecule has 1 fully saturated rings. The second-order valence-electron chi connectivity index (χ2n) is 7.12. The van der Waals surface area contributed by atoms with Crippen LogP contribution in [0.25, 0.3) is 11.0 Å². The molecule has 2 aromatic rings. The van der Waals surface area contributed by atoms with Crippen LogP contribution in [0.4, 0.5) is 0 Å². The van der Waals surface area contributed by atoms with Crippen molar-refractivity contribution in [3.63, 3.8) is 0 Å². The lowest BCUT2D eigenvalue weighted by atomic mass is 9.85. The number of furan rings is 1. The Morgan fingerprint density at radius 1 is 1.25 bits per heavy atom. The number of nitrogens with one attached hydrogen (secondary N) is 1. The normalized spacial score (nSPS) is 16.0. The van der Waals surface area contributed by atoms with Gasteiger partial charge in [0.15, 0.2) is 0 Å². The molecule has 1 aliphatic rings. The first kappa shape index (κ1) is 13.7. The van der Waals surface area contributed by atoms with Gasteiger partial charge in [0, 0.05) is 17.0 Å².